The Morgan fingerprint density at radius 2 is 2.04 bits per heavy atom. The molecule has 5 rings (SSSR count). The molecular formula is C21H29N3O2. The number of hydrogen-bond acceptors (Lipinski definition) is 4. The van der Waals surface area contributed by atoms with Crippen molar-refractivity contribution in [3.05, 3.63) is 23.5 Å². The lowest BCUT2D eigenvalue weighted by Gasteiger charge is -2.29. The molecule has 1 amide bonds. The number of anilines is 1. The zero-order valence-electron chi connectivity index (χ0n) is 16.0. The molecule has 3 aliphatic heterocycles. The molecule has 0 unspecified atom stereocenters. The summed E-state index contributed by atoms with van der Waals surface area (Å²) in [5.41, 5.74) is 3.31. The van der Waals surface area contributed by atoms with Crippen LogP contribution in [0.3, 0.4) is 0 Å². The van der Waals surface area contributed by atoms with Crippen molar-refractivity contribution in [1.82, 2.24) is 10.3 Å². The fourth-order valence-corrected chi connectivity index (χ4v) is 5.49. The number of nitrogens with zero attached hydrogens (tertiary/aromatic N) is 2. The zero-order valence-corrected chi connectivity index (χ0v) is 16.0. The highest BCUT2D eigenvalue weighted by atomic mass is 16.5. The molecule has 1 aromatic rings. The standard InChI is InChI=1S/C21H29N3O2/c1-13-8-15(9-14(2)23-13)24-11-17-16(10-22-19(25)20(3)6-7-20)18-4-5-21(17,12-24)26-18/h8-9,16-18H,4-7,10-12H2,1-3H3,(H,22,25)/t16-,17+,18+,21+/m0/s1. The first-order chi connectivity index (χ1) is 12.4. The minimum Gasteiger partial charge on any atom is -0.369 e. The van der Waals surface area contributed by atoms with Gasteiger partial charge in [0.1, 0.15) is 0 Å². The van der Waals surface area contributed by atoms with E-state index in [9.17, 15) is 4.79 Å². The van der Waals surface area contributed by atoms with E-state index in [1.807, 2.05) is 0 Å². The Labute approximate surface area is 155 Å². The van der Waals surface area contributed by atoms with E-state index in [2.05, 4.69) is 48.1 Å². The second kappa shape index (κ2) is 5.44. The third kappa shape index (κ3) is 2.47. The average Bonchev–Trinajstić information content (AvgIpc) is 2.97. The van der Waals surface area contributed by atoms with Gasteiger partial charge in [-0.2, -0.15) is 0 Å². The fraction of sp³-hybridized carbons (Fsp3) is 0.714. The van der Waals surface area contributed by atoms with Crippen molar-refractivity contribution in [1.29, 1.82) is 0 Å². The molecule has 1 spiro atoms. The molecule has 4 atom stereocenters. The van der Waals surface area contributed by atoms with Gasteiger partial charge < -0.3 is 15.0 Å². The molecule has 4 fully saturated rings. The van der Waals surface area contributed by atoms with Crippen LogP contribution in [0, 0.1) is 31.1 Å². The molecule has 140 valence electrons. The quantitative estimate of drug-likeness (QED) is 0.902. The maximum Gasteiger partial charge on any atom is 0.225 e. The highest BCUT2D eigenvalue weighted by molar-refractivity contribution is 5.84. The van der Waals surface area contributed by atoms with Gasteiger partial charge in [0.25, 0.3) is 0 Å². The number of carbonyl (C=O) groups is 1. The maximum atomic E-state index is 12.4. The molecule has 4 aliphatic rings. The number of ether oxygens (including phenoxy) is 1. The highest BCUT2D eigenvalue weighted by Crippen LogP contribution is 2.55. The van der Waals surface area contributed by atoms with Crippen molar-refractivity contribution in [2.24, 2.45) is 17.3 Å². The molecule has 5 heteroatoms. The number of aryl methyl sites for hydroxylation is 2. The molecule has 0 radical (unpaired) electrons. The molecule has 2 bridgehead atoms. The third-order valence-electron chi connectivity index (χ3n) is 7.26. The Kier molecular flexibility index (Phi) is 3.46. The van der Waals surface area contributed by atoms with Gasteiger partial charge in [-0.25, -0.2) is 0 Å². The summed E-state index contributed by atoms with van der Waals surface area (Å²) in [5.74, 6) is 1.20. The number of fused-ring (bicyclic) bond motifs is 1. The maximum absolute atomic E-state index is 12.4. The van der Waals surface area contributed by atoms with Crippen molar-refractivity contribution >= 4 is 11.6 Å². The van der Waals surface area contributed by atoms with E-state index in [1.54, 1.807) is 0 Å². The number of hydrogen-bond donors (Lipinski definition) is 1. The van der Waals surface area contributed by atoms with Crippen LogP contribution >= 0.6 is 0 Å². The van der Waals surface area contributed by atoms with Crippen molar-refractivity contribution in [2.45, 2.75) is 58.2 Å². The van der Waals surface area contributed by atoms with Crippen molar-refractivity contribution in [3.8, 4) is 0 Å². The summed E-state index contributed by atoms with van der Waals surface area (Å²) in [5, 5.41) is 3.25. The van der Waals surface area contributed by atoms with E-state index in [0.717, 1.165) is 56.7 Å². The molecule has 26 heavy (non-hydrogen) atoms. The smallest absolute Gasteiger partial charge is 0.225 e. The minimum absolute atomic E-state index is 0.00533. The molecule has 3 saturated heterocycles. The predicted octanol–water partition coefficient (Wildman–Crippen LogP) is 2.60. The molecular weight excluding hydrogens is 326 g/mol. The first-order valence-electron chi connectivity index (χ1n) is 10.0. The van der Waals surface area contributed by atoms with Crippen molar-refractivity contribution in [2.75, 3.05) is 24.5 Å². The Hall–Kier alpha value is -1.62. The summed E-state index contributed by atoms with van der Waals surface area (Å²) in [7, 11) is 0. The topological polar surface area (TPSA) is 54.5 Å². The normalized spacial score (nSPS) is 36.3. The summed E-state index contributed by atoms with van der Waals surface area (Å²) in [4.78, 5) is 19.4. The van der Waals surface area contributed by atoms with Gasteiger partial charge in [0.15, 0.2) is 0 Å². The van der Waals surface area contributed by atoms with Crippen molar-refractivity contribution in [3.63, 3.8) is 0 Å². The SMILES string of the molecule is Cc1cc(N2C[C@@H]3[C@H](CNC(=O)C4(C)CC4)[C@H]4CC[C@]3(C2)O4)cc(C)n1. The number of aromatic nitrogens is 1. The second-order valence-electron chi connectivity index (χ2n) is 9.29. The Bertz CT molecular complexity index is 739. The number of pyridine rings is 1. The van der Waals surface area contributed by atoms with Crippen LogP contribution in [-0.4, -0.2) is 42.2 Å². The number of rotatable bonds is 4. The second-order valence-corrected chi connectivity index (χ2v) is 9.29. The van der Waals surface area contributed by atoms with Gasteiger partial charge in [0.2, 0.25) is 5.91 Å². The number of nitrogens with one attached hydrogen (secondary N) is 1. The Balaban J connectivity index is 1.33. The van der Waals surface area contributed by atoms with Gasteiger partial charge in [-0.3, -0.25) is 9.78 Å². The van der Waals surface area contributed by atoms with Crippen LogP contribution in [0.1, 0.15) is 44.0 Å². The average molecular weight is 355 g/mol. The van der Waals surface area contributed by atoms with E-state index in [1.165, 1.54) is 5.69 Å². The summed E-state index contributed by atoms with van der Waals surface area (Å²) in [6, 6.07) is 4.36. The van der Waals surface area contributed by atoms with E-state index in [0.29, 0.717) is 17.9 Å². The van der Waals surface area contributed by atoms with Crippen LogP contribution < -0.4 is 10.2 Å². The van der Waals surface area contributed by atoms with Crippen LogP contribution in [0.15, 0.2) is 12.1 Å². The molecule has 1 aromatic heterocycles. The van der Waals surface area contributed by atoms with Gasteiger partial charge in [-0.1, -0.05) is 6.92 Å². The number of amides is 1. The van der Waals surface area contributed by atoms with E-state index in [-0.39, 0.29) is 16.9 Å². The Morgan fingerprint density at radius 3 is 2.73 bits per heavy atom. The van der Waals surface area contributed by atoms with Crippen LogP contribution in [0.4, 0.5) is 5.69 Å². The van der Waals surface area contributed by atoms with Crippen LogP contribution in [0.25, 0.3) is 0 Å². The van der Waals surface area contributed by atoms with Gasteiger partial charge >= 0.3 is 0 Å². The van der Waals surface area contributed by atoms with Crippen LogP contribution in [0.2, 0.25) is 0 Å². The minimum atomic E-state index is -0.0933. The predicted molar refractivity (Wildman–Crippen MR) is 100 cm³/mol. The molecule has 1 saturated carbocycles. The van der Waals surface area contributed by atoms with E-state index < -0.39 is 0 Å². The summed E-state index contributed by atoms with van der Waals surface area (Å²) in [6.45, 7) is 8.96. The Morgan fingerprint density at radius 1 is 1.31 bits per heavy atom. The lowest BCUT2D eigenvalue weighted by atomic mass is 9.73. The summed E-state index contributed by atoms with van der Waals surface area (Å²) in [6.07, 6.45) is 4.69. The number of carbonyl (C=O) groups excluding carboxylic acids is 1. The summed E-state index contributed by atoms with van der Waals surface area (Å²) >= 11 is 0. The molecule has 1 aliphatic carbocycles. The van der Waals surface area contributed by atoms with Gasteiger partial charge in [-0.05, 0) is 51.7 Å². The third-order valence-corrected chi connectivity index (χ3v) is 7.26. The monoisotopic (exact) mass is 355 g/mol. The lowest BCUT2D eigenvalue weighted by Crippen LogP contribution is -2.43. The molecule has 1 N–H and O–H groups in total. The van der Waals surface area contributed by atoms with Crippen LogP contribution in [0.5, 0.6) is 0 Å². The fourth-order valence-electron chi connectivity index (χ4n) is 5.49. The van der Waals surface area contributed by atoms with Crippen LogP contribution in [-0.2, 0) is 9.53 Å². The van der Waals surface area contributed by atoms with Gasteiger partial charge in [-0.15, -0.1) is 0 Å². The molecule has 4 heterocycles. The lowest BCUT2D eigenvalue weighted by molar-refractivity contribution is -0.126. The largest absolute Gasteiger partial charge is 0.369 e. The highest BCUT2D eigenvalue weighted by Gasteiger charge is 2.63. The van der Waals surface area contributed by atoms with Crippen molar-refractivity contribution < 1.29 is 9.53 Å². The first-order valence-corrected chi connectivity index (χ1v) is 10.0. The van der Waals surface area contributed by atoms with E-state index >= 15 is 0 Å². The molecule has 5 nitrogen and oxygen atoms in total. The zero-order chi connectivity index (χ0) is 18.1. The first kappa shape index (κ1) is 16.5. The van der Waals surface area contributed by atoms with Gasteiger partial charge in [0.05, 0.1) is 11.7 Å². The van der Waals surface area contributed by atoms with Gasteiger partial charge in [0, 0.05) is 54.0 Å². The summed E-state index contributed by atoms with van der Waals surface area (Å²) < 4.78 is 6.53. The molecule has 0 aromatic carbocycles. The van der Waals surface area contributed by atoms with E-state index in [4.69, 9.17) is 4.74 Å².